The van der Waals surface area contributed by atoms with E-state index in [9.17, 15) is 9.59 Å². The maximum absolute atomic E-state index is 12.6. The standard InChI is InChI=1S/C21H16Cl2N2O2S/c22-14-10-11-17(23)19(12-14)28-13-20(26)25-18-9-5-4-8-16(18)21(27)24-15-6-2-1-3-7-15/h1-12H,13H2,(H,24,27)(H,25,26). The van der Waals surface area contributed by atoms with Crippen LogP contribution in [-0.2, 0) is 4.79 Å². The molecule has 0 spiro atoms. The van der Waals surface area contributed by atoms with E-state index >= 15 is 0 Å². The molecular formula is C21H16Cl2N2O2S. The maximum atomic E-state index is 12.6. The van der Waals surface area contributed by atoms with Crippen LogP contribution in [0.2, 0.25) is 10.0 Å². The third-order valence-corrected chi connectivity index (χ3v) is 5.46. The van der Waals surface area contributed by atoms with Gasteiger partial charge >= 0.3 is 0 Å². The van der Waals surface area contributed by atoms with Crippen LogP contribution in [0.4, 0.5) is 11.4 Å². The number of rotatable bonds is 6. The van der Waals surface area contributed by atoms with E-state index in [1.54, 1.807) is 54.6 Å². The Hall–Kier alpha value is -2.47. The molecule has 0 aliphatic rings. The van der Waals surface area contributed by atoms with Crippen LogP contribution in [0.15, 0.2) is 77.7 Å². The predicted molar refractivity (Wildman–Crippen MR) is 117 cm³/mol. The number of para-hydroxylation sites is 2. The van der Waals surface area contributed by atoms with Crippen LogP contribution in [0.25, 0.3) is 0 Å². The monoisotopic (exact) mass is 430 g/mol. The van der Waals surface area contributed by atoms with Crippen molar-refractivity contribution in [3.8, 4) is 0 Å². The third-order valence-electron chi connectivity index (χ3n) is 3.73. The van der Waals surface area contributed by atoms with E-state index in [1.165, 1.54) is 11.8 Å². The summed E-state index contributed by atoms with van der Waals surface area (Å²) in [6.45, 7) is 0. The number of halogens is 2. The first-order chi connectivity index (χ1) is 13.5. The molecule has 0 saturated heterocycles. The lowest BCUT2D eigenvalue weighted by Gasteiger charge is -2.12. The lowest BCUT2D eigenvalue weighted by molar-refractivity contribution is -0.113. The molecule has 0 saturated carbocycles. The summed E-state index contributed by atoms with van der Waals surface area (Å²) in [6, 6.07) is 21.1. The lowest BCUT2D eigenvalue weighted by Crippen LogP contribution is -2.19. The summed E-state index contributed by atoms with van der Waals surface area (Å²) in [4.78, 5) is 25.7. The van der Waals surface area contributed by atoms with Crippen molar-refractivity contribution in [3.63, 3.8) is 0 Å². The van der Waals surface area contributed by atoms with E-state index < -0.39 is 0 Å². The highest BCUT2D eigenvalue weighted by molar-refractivity contribution is 8.00. The molecule has 0 radical (unpaired) electrons. The van der Waals surface area contributed by atoms with Crippen molar-refractivity contribution in [2.75, 3.05) is 16.4 Å². The van der Waals surface area contributed by atoms with Crippen LogP contribution in [0.5, 0.6) is 0 Å². The van der Waals surface area contributed by atoms with Crippen LogP contribution < -0.4 is 10.6 Å². The molecule has 3 aromatic carbocycles. The average Bonchev–Trinajstić information content (AvgIpc) is 2.70. The van der Waals surface area contributed by atoms with Crippen LogP contribution in [-0.4, -0.2) is 17.6 Å². The third kappa shape index (κ3) is 5.52. The second-order valence-electron chi connectivity index (χ2n) is 5.78. The summed E-state index contributed by atoms with van der Waals surface area (Å²) in [5.74, 6) is -0.414. The highest BCUT2D eigenvalue weighted by Gasteiger charge is 2.14. The van der Waals surface area contributed by atoms with E-state index in [-0.39, 0.29) is 17.6 Å². The predicted octanol–water partition coefficient (Wildman–Crippen LogP) is 5.98. The molecule has 0 aliphatic heterocycles. The Labute approximate surface area is 177 Å². The molecule has 2 amide bonds. The highest BCUT2D eigenvalue weighted by atomic mass is 35.5. The Bertz CT molecular complexity index is 997. The lowest BCUT2D eigenvalue weighted by atomic mass is 10.1. The molecule has 3 aromatic rings. The van der Waals surface area contributed by atoms with Crippen molar-refractivity contribution in [2.24, 2.45) is 0 Å². The Morgan fingerprint density at radius 2 is 1.57 bits per heavy atom. The van der Waals surface area contributed by atoms with Gasteiger partial charge in [-0.2, -0.15) is 0 Å². The van der Waals surface area contributed by atoms with Gasteiger partial charge < -0.3 is 10.6 Å². The fourth-order valence-electron chi connectivity index (χ4n) is 2.43. The summed E-state index contributed by atoms with van der Waals surface area (Å²) in [7, 11) is 0. The first-order valence-electron chi connectivity index (χ1n) is 8.36. The molecule has 0 bridgehead atoms. The molecule has 142 valence electrons. The molecule has 0 aromatic heterocycles. The second kappa shape index (κ2) is 9.64. The molecule has 0 fully saturated rings. The van der Waals surface area contributed by atoms with E-state index in [4.69, 9.17) is 23.2 Å². The summed E-state index contributed by atoms with van der Waals surface area (Å²) in [6.07, 6.45) is 0. The first-order valence-corrected chi connectivity index (χ1v) is 10.1. The number of hydrogen-bond acceptors (Lipinski definition) is 3. The zero-order valence-electron chi connectivity index (χ0n) is 14.6. The minimum Gasteiger partial charge on any atom is -0.325 e. The first kappa shape index (κ1) is 20.3. The van der Waals surface area contributed by atoms with Gasteiger partial charge in [0.05, 0.1) is 22.0 Å². The van der Waals surface area contributed by atoms with Gasteiger partial charge in [0.2, 0.25) is 5.91 Å². The molecule has 3 rings (SSSR count). The average molecular weight is 431 g/mol. The van der Waals surface area contributed by atoms with Gasteiger partial charge in [0.25, 0.3) is 5.91 Å². The number of carbonyl (C=O) groups is 2. The van der Waals surface area contributed by atoms with E-state index in [0.29, 0.717) is 27.0 Å². The minimum atomic E-state index is -0.298. The van der Waals surface area contributed by atoms with Crippen molar-refractivity contribution in [1.29, 1.82) is 0 Å². The molecule has 2 N–H and O–H groups in total. The number of nitrogens with one attached hydrogen (secondary N) is 2. The fraction of sp³-hybridized carbons (Fsp3) is 0.0476. The molecule has 4 nitrogen and oxygen atoms in total. The number of hydrogen-bond donors (Lipinski definition) is 2. The number of benzene rings is 3. The number of carbonyl (C=O) groups excluding carboxylic acids is 2. The second-order valence-corrected chi connectivity index (χ2v) is 7.64. The quantitative estimate of drug-likeness (QED) is 0.473. The van der Waals surface area contributed by atoms with Gasteiger partial charge in [-0.05, 0) is 42.5 Å². The highest BCUT2D eigenvalue weighted by Crippen LogP contribution is 2.30. The molecule has 28 heavy (non-hydrogen) atoms. The van der Waals surface area contributed by atoms with Crippen LogP contribution >= 0.6 is 35.0 Å². The van der Waals surface area contributed by atoms with Crippen molar-refractivity contribution < 1.29 is 9.59 Å². The van der Waals surface area contributed by atoms with Gasteiger partial charge in [-0.25, -0.2) is 0 Å². The Morgan fingerprint density at radius 1 is 0.857 bits per heavy atom. The summed E-state index contributed by atoms with van der Waals surface area (Å²) < 4.78 is 0. The normalized spacial score (nSPS) is 10.4. The Kier molecular flexibility index (Phi) is 6.98. The van der Waals surface area contributed by atoms with Crippen LogP contribution in [0, 0.1) is 0 Å². The van der Waals surface area contributed by atoms with Crippen molar-refractivity contribution in [3.05, 3.63) is 88.4 Å². The number of amides is 2. The van der Waals surface area contributed by atoms with Gasteiger partial charge in [-0.3, -0.25) is 9.59 Å². The molecule has 0 aliphatic carbocycles. The van der Waals surface area contributed by atoms with Gasteiger partial charge in [-0.15, -0.1) is 11.8 Å². The zero-order valence-corrected chi connectivity index (χ0v) is 16.9. The van der Waals surface area contributed by atoms with Gasteiger partial charge in [0.1, 0.15) is 0 Å². The SMILES string of the molecule is O=C(CSc1cc(Cl)ccc1Cl)Nc1ccccc1C(=O)Nc1ccccc1. The Balaban J connectivity index is 1.66. The number of thioether (sulfide) groups is 1. The smallest absolute Gasteiger partial charge is 0.257 e. The van der Waals surface area contributed by atoms with E-state index in [1.807, 2.05) is 18.2 Å². The van der Waals surface area contributed by atoms with Crippen molar-refractivity contribution in [2.45, 2.75) is 4.90 Å². The minimum absolute atomic E-state index is 0.134. The van der Waals surface area contributed by atoms with Crippen molar-refractivity contribution >= 4 is 58.2 Å². The number of anilines is 2. The zero-order chi connectivity index (χ0) is 19.9. The summed E-state index contributed by atoms with van der Waals surface area (Å²) in [5, 5.41) is 6.68. The van der Waals surface area contributed by atoms with E-state index in [2.05, 4.69) is 10.6 Å². The topological polar surface area (TPSA) is 58.2 Å². The van der Waals surface area contributed by atoms with Gasteiger partial charge in [0.15, 0.2) is 0 Å². The fourth-order valence-corrected chi connectivity index (χ4v) is 3.72. The maximum Gasteiger partial charge on any atom is 0.257 e. The summed E-state index contributed by atoms with van der Waals surface area (Å²) in [5.41, 5.74) is 1.50. The van der Waals surface area contributed by atoms with E-state index in [0.717, 1.165) is 4.90 Å². The summed E-state index contributed by atoms with van der Waals surface area (Å²) >= 11 is 13.4. The van der Waals surface area contributed by atoms with Gasteiger partial charge in [-0.1, -0.05) is 53.5 Å². The molecular weight excluding hydrogens is 415 g/mol. The molecule has 7 heteroatoms. The van der Waals surface area contributed by atoms with Crippen molar-refractivity contribution in [1.82, 2.24) is 0 Å². The van der Waals surface area contributed by atoms with Crippen LogP contribution in [0.3, 0.4) is 0 Å². The van der Waals surface area contributed by atoms with Crippen LogP contribution in [0.1, 0.15) is 10.4 Å². The molecule has 0 heterocycles. The largest absolute Gasteiger partial charge is 0.325 e. The van der Waals surface area contributed by atoms with Gasteiger partial charge in [0, 0.05) is 15.6 Å². The molecule has 0 atom stereocenters. The Morgan fingerprint density at radius 3 is 2.36 bits per heavy atom. The molecule has 0 unspecified atom stereocenters.